The van der Waals surface area contributed by atoms with Gasteiger partial charge in [0.25, 0.3) is 0 Å². The fourth-order valence-corrected chi connectivity index (χ4v) is 14.5. The largest absolute Gasteiger partial charge is 0.493 e. The van der Waals surface area contributed by atoms with Gasteiger partial charge in [-0.15, -0.1) is 34.0 Å². The Morgan fingerprint density at radius 1 is 0.518 bits per heavy atom. The van der Waals surface area contributed by atoms with Gasteiger partial charge in [0.2, 0.25) is 0 Å². The van der Waals surface area contributed by atoms with Crippen molar-refractivity contribution < 1.29 is 100 Å². The average molecular weight is 1620 g/mol. The molecule has 4 aromatic heterocycles. The second kappa shape index (κ2) is 38.2. The third-order valence-corrected chi connectivity index (χ3v) is 19.3. The van der Waals surface area contributed by atoms with Crippen molar-refractivity contribution in [1.82, 2.24) is 19.9 Å². The molecule has 1 saturated carbocycles. The summed E-state index contributed by atoms with van der Waals surface area (Å²) in [5.41, 5.74) is 12.5. The van der Waals surface area contributed by atoms with E-state index in [0.29, 0.717) is 16.3 Å². The number of benzene rings is 6. The minimum Gasteiger partial charge on any atom is -0.493 e. The van der Waals surface area contributed by atoms with Crippen LogP contribution in [0.15, 0.2) is 192 Å². The fraction of sp³-hybridized carbons (Fsp3) is 0.303. The summed E-state index contributed by atoms with van der Waals surface area (Å²) in [6.07, 6.45) is 8.81. The van der Waals surface area contributed by atoms with Gasteiger partial charge in [0.05, 0.1) is 87.9 Å². The molecule has 6 aromatic carbocycles. The number of aromatic nitrogens is 4. The number of halogens is 12. The second-order valence-electron chi connectivity index (χ2n) is 25.0. The number of pyridine rings is 1. The molecular formula is C76H73F12N11O10S3. The third kappa shape index (κ3) is 20.9. The lowest BCUT2D eigenvalue weighted by Gasteiger charge is -2.55. The Hall–Kier alpha value is -11.1. The highest BCUT2D eigenvalue weighted by molar-refractivity contribution is 7.10. The van der Waals surface area contributed by atoms with Crippen LogP contribution >= 0.6 is 34.0 Å². The first-order chi connectivity index (χ1) is 53.9. The van der Waals surface area contributed by atoms with Crippen LogP contribution in [0.3, 0.4) is 0 Å². The Morgan fingerprint density at radius 3 is 1.62 bits per heavy atom. The molecule has 5 N–H and O–H groups in total. The summed E-state index contributed by atoms with van der Waals surface area (Å²) in [6, 6.07) is 29.0. The Kier molecular flexibility index (Phi) is 27.9. The van der Waals surface area contributed by atoms with Crippen LogP contribution in [0.5, 0.6) is 57.5 Å². The highest BCUT2D eigenvalue weighted by Crippen LogP contribution is 2.57. The standard InChI is InChI=1S/C60H55F10N9O8S3.C16H18F2N2O2/c1-32(2)82-46-24-36(16-19-43(46)87-59(69)70)79(54(48-26-73-30-89-48)77-35-15-17-41(85-57(65)66)44(22-35)80-3)60(49-27-74-31-90-49,53(47-25-72-29-88-47)76-34-14-18-42(86-58(67)68)45(23-34)81-28-33-12-13-33)52(71)50-51(37-8-4-6-10-39(37)83-55(61)62)78(21-20-75-50)38-9-5-7-11-40(38)84-56(63)64;1-11(2)21-15-8-13(5-6-14(15)22-16(17)18)20-10-12-4-3-7-19-9-12/h4-11,14-20,22-27,29-33,52-59,76-77H,12-13,21,28,71H2,1-3H3;3-9,11,16,20H,10H2,1-2H3. The van der Waals surface area contributed by atoms with Crippen LogP contribution in [0.4, 0.5) is 81.1 Å². The zero-order valence-electron chi connectivity index (χ0n) is 59.9. The van der Waals surface area contributed by atoms with Crippen molar-refractivity contribution in [3.05, 3.63) is 212 Å². The van der Waals surface area contributed by atoms with Crippen LogP contribution in [0.2, 0.25) is 0 Å². The summed E-state index contributed by atoms with van der Waals surface area (Å²) in [6.45, 7) is -12.1. The van der Waals surface area contributed by atoms with E-state index >= 15 is 0 Å². The van der Waals surface area contributed by atoms with Crippen LogP contribution in [-0.2, 0) is 12.1 Å². The van der Waals surface area contributed by atoms with Crippen molar-refractivity contribution in [3.8, 4) is 57.5 Å². The molecule has 112 heavy (non-hydrogen) atoms. The summed E-state index contributed by atoms with van der Waals surface area (Å²) in [4.78, 5) is 27.0. The van der Waals surface area contributed by atoms with E-state index in [1.54, 1.807) is 43.3 Å². The zero-order chi connectivity index (χ0) is 79.6. The number of aliphatic imine (C=N–C) groups is 1. The van der Waals surface area contributed by atoms with E-state index in [2.05, 4.69) is 40.6 Å². The maximum Gasteiger partial charge on any atom is 0.387 e. The van der Waals surface area contributed by atoms with Crippen LogP contribution in [0, 0.1) is 5.92 Å². The van der Waals surface area contributed by atoms with Gasteiger partial charge in [0.1, 0.15) is 23.2 Å². The first-order valence-electron chi connectivity index (χ1n) is 34.3. The molecule has 4 atom stereocenters. The van der Waals surface area contributed by atoms with E-state index in [4.69, 9.17) is 53.4 Å². The number of methoxy groups -OCH3 is 1. The molecule has 1 aliphatic carbocycles. The van der Waals surface area contributed by atoms with E-state index in [1.165, 1.54) is 163 Å². The summed E-state index contributed by atoms with van der Waals surface area (Å²) < 4.78 is 222. The maximum atomic E-state index is 14.8. The molecule has 10 aromatic rings. The maximum absolute atomic E-state index is 14.8. The highest BCUT2D eigenvalue weighted by atomic mass is 32.1. The molecule has 12 rings (SSSR count). The van der Waals surface area contributed by atoms with Gasteiger partial charge in [-0.3, -0.25) is 24.9 Å². The Morgan fingerprint density at radius 2 is 1.04 bits per heavy atom. The predicted octanol–water partition coefficient (Wildman–Crippen LogP) is 19.4. The quantitative estimate of drug-likeness (QED) is 0.0208. The zero-order valence-corrected chi connectivity index (χ0v) is 62.4. The third-order valence-electron chi connectivity index (χ3n) is 16.7. The number of anilines is 5. The molecule has 4 unspecified atom stereocenters. The summed E-state index contributed by atoms with van der Waals surface area (Å²) in [5, 5.41) is 10.4. The van der Waals surface area contributed by atoms with E-state index in [-0.39, 0.29) is 116 Å². The monoisotopic (exact) mass is 1620 g/mol. The van der Waals surface area contributed by atoms with Crippen LogP contribution in [0.1, 0.15) is 78.5 Å². The molecule has 1 aliphatic heterocycles. The van der Waals surface area contributed by atoms with Gasteiger partial charge in [-0.05, 0) is 131 Å². The lowest BCUT2D eigenvalue weighted by Crippen LogP contribution is -2.64. The normalized spacial score (nSPS) is 14.2. The van der Waals surface area contributed by atoms with Gasteiger partial charge in [-0.2, -0.15) is 52.7 Å². The van der Waals surface area contributed by atoms with Gasteiger partial charge < -0.3 is 78.9 Å². The molecule has 5 heterocycles. The molecule has 594 valence electrons. The number of hydrogen-bond donors (Lipinski definition) is 4. The Balaban J connectivity index is 0.000000483. The van der Waals surface area contributed by atoms with Crippen molar-refractivity contribution in [2.24, 2.45) is 16.6 Å². The molecule has 0 saturated heterocycles. The SMILES string of the molecule is CC(C)Oc1cc(NCc2cccnc2)ccc1OC(F)F.COc1cc(NC(c2cncs2)N(c2ccc(OC(F)F)c(OC(C)C)c2)C(c2cncs2)(C(N)C2=C(c3ccccc3OC(F)F)N(c3ccccc3OC(F)F)CC=N2)C(Nc2ccc(OC(F)F)c(OCC3CC3)c2)c2cncs2)ccc1OC(F)F. The smallest absolute Gasteiger partial charge is 0.387 e. The molecule has 1 fully saturated rings. The highest BCUT2D eigenvalue weighted by Gasteiger charge is 2.58. The second-order valence-corrected chi connectivity index (χ2v) is 27.7. The van der Waals surface area contributed by atoms with Gasteiger partial charge in [-0.25, -0.2) is 0 Å². The Labute approximate surface area is 646 Å². The number of para-hydroxylation sites is 3. The minimum absolute atomic E-state index is 0.0137. The number of alkyl halides is 12. The van der Waals surface area contributed by atoms with Crippen LogP contribution in [-0.4, -0.2) is 104 Å². The Bertz CT molecular complexity index is 4700. The van der Waals surface area contributed by atoms with Crippen molar-refractivity contribution in [2.75, 3.05) is 46.0 Å². The molecule has 0 radical (unpaired) electrons. The van der Waals surface area contributed by atoms with E-state index < -0.39 is 81.1 Å². The van der Waals surface area contributed by atoms with Gasteiger partial charge in [0.15, 0.2) is 46.0 Å². The summed E-state index contributed by atoms with van der Waals surface area (Å²) >= 11 is 3.28. The molecule has 21 nitrogen and oxygen atoms in total. The number of nitrogens with zero attached hydrogens (tertiary/aromatic N) is 7. The number of nitrogens with two attached hydrogens (primary N) is 1. The molecule has 2 aliphatic rings. The van der Waals surface area contributed by atoms with Gasteiger partial charge in [0, 0.05) is 101 Å². The lowest BCUT2D eigenvalue weighted by atomic mass is 9.75. The van der Waals surface area contributed by atoms with E-state index in [9.17, 15) is 52.7 Å². The molecule has 0 bridgehead atoms. The number of nitrogens with one attached hydrogen (secondary N) is 3. The molecule has 0 spiro atoms. The minimum atomic E-state index is -3.42. The van der Waals surface area contributed by atoms with Gasteiger partial charge in [-0.1, -0.05) is 30.3 Å². The van der Waals surface area contributed by atoms with Crippen molar-refractivity contribution >= 4 is 74.4 Å². The summed E-state index contributed by atoms with van der Waals surface area (Å²) in [5.74, 6) is -1.83. The first kappa shape index (κ1) is 81.9. The average Bonchev–Trinajstić information content (AvgIpc) is 1.07. The number of hydrogen-bond acceptors (Lipinski definition) is 24. The predicted molar refractivity (Wildman–Crippen MR) is 400 cm³/mol. The first-order valence-corrected chi connectivity index (χ1v) is 36.9. The van der Waals surface area contributed by atoms with Crippen LogP contribution < -0.4 is 78.9 Å². The lowest BCUT2D eigenvalue weighted by molar-refractivity contribution is -0.0524. The van der Waals surface area contributed by atoms with E-state index in [1.807, 2.05) is 26.0 Å². The fourth-order valence-electron chi connectivity index (χ4n) is 12.2. The molecular weight excluding hydrogens is 1550 g/mol. The number of rotatable bonds is 38. The van der Waals surface area contributed by atoms with Crippen LogP contribution in [0.25, 0.3) is 5.70 Å². The molecule has 0 amide bonds. The topological polar surface area (TPSA) is 225 Å². The summed E-state index contributed by atoms with van der Waals surface area (Å²) in [7, 11) is 1.24. The van der Waals surface area contributed by atoms with Crippen molar-refractivity contribution in [1.29, 1.82) is 0 Å². The number of thiazole rings is 3. The van der Waals surface area contributed by atoms with Gasteiger partial charge >= 0.3 is 39.7 Å². The number of ether oxygens (including phenoxy) is 10. The van der Waals surface area contributed by atoms with E-state index in [0.717, 1.165) is 58.1 Å². The molecule has 36 heteroatoms. The van der Waals surface area contributed by atoms with Crippen molar-refractivity contribution in [2.45, 2.75) is 123 Å². The van der Waals surface area contributed by atoms with Crippen molar-refractivity contribution in [3.63, 3.8) is 0 Å².